The van der Waals surface area contributed by atoms with E-state index in [4.69, 9.17) is 4.74 Å². The summed E-state index contributed by atoms with van der Waals surface area (Å²) >= 11 is 3.40. The van der Waals surface area contributed by atoms with E-state index in [1.54, 1.807) is 19.2 Å². The quantitative estimate of drug-likeness (QED) is 0.681. The van der Waals surface area contributed by atoms with Gasteiger partial charge in [-0.2, -0.15) is 18.2 Å². The number of anilines is 1. The lowest BCUT2D eigenvalue weighted by Gasteiger charge is -2.38. The van der Waals surface area contributed by atoms with Crippen molar-refractivity contribution >= 4 is 21.7 Å². The predicted octanol–water partition coefficient (Wildman–Crippen LogP) is 4.75. The molecule has 0 saturated carbocycles. The van der Waals surface area contributed by atoms with Crippen LogP contribution in [0.15, 0.2) is 40.9 Å². The van der Waals surface area contributed by atoms with Crippen molar-refractivity contribution in [2.24, 2.45) is 0 Å². The fraction of sp³-hybridized carbons (Fsp3) is 0.421. The molecule has 1 atom stereocenters. The molecule has 1 aromatic carbocycles. The Morgan fingerprint density at radius 3 is 2.22 bits per heavy atom. The van der Waals surface area contributed by atoms with Crippen molar-refractivity contribution in [1.29, 1.82) is 0 Å². The number of halogens is 4. The third-order valence-electron chi connectivity index (χ3n) is 4.90. The van der Waals surface area contributed by atoms with Crippen LogP contribution < -0.4 is 9.64 Å². The molecule has 146 valence electrons. The summed E-state index contributed by atoms with van der Waals surface area (Å²) in [5, 5.41) is 0. The van der Waals surface area contributed by atoms with E-state index in [-0.39, 0.29) is 6.04 Å². The first-order valence-corrected chi connectivity index (χ1v) is 9.45. The molecule has 27 heavy (non-hydrogen) atoms. The minimum absolute atomic E-state index is 0.0573. The van der Waals surface area contributed by atoms with E-state index in [0.717, 1.165) is 54.2 Å². The molecule has 0 amide bonds. The first-order chi connectivity index (χ1) is 12.8. The Labute approximate surface area is 165 Å². The smallest absolute Gasteiger partial charge is 0.416 e. The number of piperazine rings is 1. The molecule has 2 heterocycles. The Hall–Kier alpha value is -1.80. The fourth-order valence-corrected chi connectivity index (χ4v) is 3.62. The minimum Gasteiger partial charge on any atom is -0.480 e. The van der Waals surface area contributed by atoms with Crippen LogP contribution in [0, 0.1) is 0 Å². The highest BCUT2D eigenvalue weighted by molar-refractivity contribution is 9.10. The molecule has 0 bridgehead atoms. The summed E-state index contributed by atoms with van der Waals surface area (Å²) in [6.45, 7) is 5.23. The maximum atomic E-state index is 12.7. The molecule has 4 nitrogen and oxygen atoms in total. The van der Waals surface area contributed by atoms with Crippen LogP contribution in [0.1, 0.15) is 24.1 Å². The number of ether oxygens (including phenoxy) is 1. The van der Waals surface area contributed by atoms with E-state index < -0.39 is 11.7 Å². The fourth-order valence-electron chi connectivity index (χ4n) is 3.23. The monoisotopic (exact) mass is 443 g/mol. The van der Waals surface area contributed by atoms with Crippen molar-refractivity contribution < 1.29 is 17.9 Å². The maximum absolute atomic E-state index is 12.7. The normalized spacial score (nSPS) is 17.0. The summed E-state index contributed by atoms with van der Waals surface area (Å²) in [5.41, 5.74) is 0.276. The zero-order valence-electron chi connectivity index (χ0n) is 15.1. The van der Waals surface area contributed by atoms with Gasteiger partial charge in [0, 0.05) is 32.2 Å². The van der Waals surface area contributed by atoms with Crippen molar-refractivity contribution in [2.75, 3.05) is 38.2 Å². The van der Waals surface area contributed by atoms with Crippen LogP contribution in [0.5, 0.6) is 5.88 Å². The predicted molar refractivity (Wildman–Crippen MR) is 102 cm³/mol. The van der Waals surface area contributed by atoms with Gasteiger partial charge < -0.3 is 9.64 Å². The molecule has 1 aromatic heterocycles. The molecule has 0 aliphatic carbocycles. The molecule has 1 aliphatic heterocycles. The Kier molecular flexibility index (Phi) is 5.95. The van der Waals surface area contributed by atoms with Gasteiger partial charge in [-0.05, 0) is 52.7 Å². The lowest BCUT2D eigenvalue weighted by atomic mass is 10.0. The molecule has 1 unspecified atom stereocenters. The first-order valence-electron chi connectivity index (χ1n) is 8.66. The number of hydrogen-bond acceptors (Lipinski definition) is 4. The zero-order chi connectivity index (χ0) is 19.6. The number of nitrogens with zero attached hydrogens (tertiary/aromatic N) is 3. The Bertz CT molecular complexity index is 775. The van der Waals surface area contributed by atoms with Crippen molar-refractivity contribution in [1.82, 2.24) is 9.88 Å². The average Bonchev–Trinajstić information content (AvgIpc) is 2.67. The van der Waals surface area contributed by atoms with Crippen LogP contribution in [-0.4, -0.2) is 43.2 Å². The van der Waals surface area contributed by atoms with Gasteiger partial charge in [0.2, 0.25) is 5.88 Å². The second-order valence-corrected chi connectivity index (χ2v) is 7.33. The van der Waals surface area contributed by atoms with Gasteiger partial charge in [-0.1, -0.05) is 12.1 Å². The van der Waals surface area contributed by atoms with Crippen molar-refractivity contribution in [3.63, 3.8) is 0 Å². The first kappa shape index (κ1) is 19.9. The lowest BCUT2D eigenvalue weighted by molar-refractivity contribution is -0.137. The second kappa shape index (κ2) is 8.06. The highest BCUT2D eigenvalue weighted by atomic mass is 79.9. The number of pyridine rings is 1. The molecule has 8 heteroatoms. The summed E-state index contributed by atoms with van der Waals surface area (Å²) in [7, 11) is 1.58. The molecule has 0 N–H and O–H groups in total. The van der Waals surface area contributed by atoms with Gasteiger partial charge in [-0.3, -0.25) is 4.90 Å². The van der Waals surface area contributed by atoms with Gasteiger partial charge in [-0.15, -0.1) is 0 Å². The molecule has 0 spiro atoms. The largest absolute Gasteiger partial charge is 0.480 e. The third kappa shape index (κ3) is 4.55. The van der Waals surface area contributed by atoms with Gasteiger partial charge >= 0.3 is 6.18 Å². The zero-order valence-corrected chi connectivity index (χ0v) is 16.7. The van der Waals surface area contributed by atoms with Gasteiger partial charge in [-0.25, -0.2) is 0 Å². The van der Waals surface area contributed by atoms with Gasteiger partial charge in [0.15, 0.2) is 0 Å². The van der Waals surface area contributed by atoms with Gasteiger partial charge in [0.25, 0.3) is 0 Å². The highest BCUT2D eigenvalue weighted by Gasteiger charge is 2.30. The van der Waals surface area contributed by atoms with Crippen LogP contribution in [0.4, 0.5) is 19.0 Å². The summed E-state index contributed by atoms with van der Waals surface area (Å²) in [6.07, 6.45) is -4.30. The standard InChI is InChI=1S/C19H21BrF3N3O/c1-13(14-3-5-15(6-4-14)19(21,22)23)25-9-11-26(12-10-25)17-8-7-16(20)18(24-17)27-2/h3-8,13H,9-12H2,1-2H3. The van der Waals surface area contributed by atoms with Crippen LogP contribution in [-0.2, 0) is 6.18 Å². The maximum Gasteiger partial charge on any atom is 0.416 e. The summed E-state index contributed by atoms with van der Waals surface area (Å²) < 4.78 is 44.2. The number of methoxy groups -OCH3 is 1. The third-order valence-corrected chi connectivity index (χ3v) is 5.50. The molecule has 0 radical (unpaired) electrons. The second-order valence-electron chi connectivity index (χ2n) is 6.48. The molecular weight excluding hydrogens is 423 g/mol. The SMILES string of the molecule is COc1nc(N2CCN(C(C)c3ccc(C(F)(F)F)cc3)CC2)ccc1Br. The van der Waals surface area contributed by atoms with E-state index in [1.807, 2.05) is 19.1 Å². The highest BCUT2D eigenvalue weighted by Crippen LogP contribution is 2.31. The molecule has 1 saturated heterocycles. The van der Waals surface area contributed by atoms with Gasteiger partial charge in [0.1, 0.15) is 5.82 Å². The van der Waals surface area contributed by atoms with Crippen molar-refractivity contribution in [3.8, 4) is 5.88 Å². The average molecular weight is 444 g/mol. The Morgan fingerprint density at radius 2 is 1.67 bits per heavy atom. The van der Waals surface area contributed by atoms with E-state index in [2.05, 4.69) is 30.7 Å². The van der Waals surface area contributed by atoms with Crippen molar-refractivity contribution in [2.45, 2.75) is 19.1 Å². The number of benzene rings is 1. The van der Waals surface area contributed by atoms with E-state index in [9.17, 15) is 13.2 Å². The summed E-state index contributed by atoms with van der Waals surface area (Å²) in [6, 6.07) is 9.36. The van der Waals surface area contributed by atoms with E-state index in [1.165, 1.54) is 0 Å². The number of alkyl halides is 3. The van der Waals surface area contributed by atoms with Crippen LogP contribution in [0.25, 0.3) is 0 Å². The van der Waals surface area contributed by atoms with E-state index in [0.29, 0.717) is 5.88 Å². The Morgan fingerprint density at radius 1 is 1.04 bits per heavy atom. The number of hydrogen-bond donors (Lipinski definition) is 0. The molecule has 2 aromatic rings. The van der Waals surface area contributed by atoms with Crippen LogP contribution >= 0.6 is 15.9 Å². The topological polar surface area (TPSA) is 28.6 Å². The van der Waals surface area contributed by atoms with Gasteiger partial charge in [0.05, 0.1) is 17.1 Å². The molecule has 1 aliphatic rings. The molecular formula is C19H21BrF3N3O. The number of aromatic nitrogens is 1. The van der Waals surface area contributed by atoms with Crippen molar-refractivity contribution in [3.05, 3.63) is 52.0 Å². The lowest BCUT2D eigenvalue weighted by Crippen LogP contribution is -2.47. The molecule has 3 rings (SSSR count). The Balaban J connectivity index is 1.63. The minimum atomic E-state index is -4.30. The summed E-state index contributed by atoms with van der Waals surface area (Å²) in [5.74, 6) is 1.41. The summed E-state index contributed by atoms with van der Waals surface area (Å²) in [4.78, 5) is 8.97. The van der Waals surface area contributed by atoms with Crippen LogP contribution in [0.2, 0.25) is 0 Å². The van der Waals surface area contributed by atoms with E-state index >= 15 is 0 Å². The molecule has 1 fully saturated rings. The van der Waals surface area contributed by atoms with Crippen LogP contribution in [0.3, 0.4) is 0 Å². The number of rotatable bonds is 4.